The fourth-order valence-electron chi connectivity index (χ4n) is 1.70. The van der Waals surface area contributed by atoms with Crippen molar-refractivity contribution in [1.82, 2.24) is 4.98 Å². The summed E-state index contributed by atoms with van der Waals surface area (Å²) in [4.78, 5) is 6.38. The first kappa shape index (κ1) is 8.51. The summed E-state index contributed by atoms with van der Waals surface area (Å²) in [6.45, 7) is 1.73. The van der Waals surface area contributed by atoms with Gasteiger partial charge < -0.3 is 10.0 Å². The van der Waals surface area contributed by atoms with E-state index in [4.69, 9.17) is 0 Å². The highest BCUT2D eigenvalue weighted by Crippen LogP contribution is 2.16. The van der Waals surface area contributed by atoms with Crippen molar-refractivity contribution in [2.45, 2.75) is 18.9 Å². The number of pyridine rings is 1. The van der Waals surface area contributed by atoms with E-state index in [9.17, 15) is 5.11 Å². The second-order valence-electron chi connectivity index (χ2n) is 3.43. The van der Waals surface area contributed by atoms with E-state index in [1.807, 2.05) is 18.2 Å². The van der Waals surface area contributed by atoms with Crippen molar-refractivity contribution >= 4 is 5.82 Å². The van der Waals surface area contributed by atoms with Gasteiger partial charge in [-0.3, -0.25) is 0 Å². The molecule has 0 aromatic carbocycles. The van der Waals surface area contributed by atoms with E-state index in [0.29, 0.717) is 0 Å². The van der Waals surface area contributed by atoms with Crippen molar-refractivity contribution in [2.75, 3.05) is 18.0 Å². The van der Waals surface area contributed by atoms with Crippen LogP contribution in [0.25, 0.3) is 0 Å². The zero-order chi connectivity index (χ0) is 9.10. The lowest BCUT2D eigenvalue weighted by Gasteiger charge is -2.30. The molecule has 0 aliphatic carbocycles. The number of aliphatic hydroxyl groups excluding tert-OH is 1. The predicted octanol–water partition coefficient (Wildman–Crippen LogP) is 1.04. The largest absolute Gasteiger partial charge is 0.391 e. The second-order valence-corrected chi connectivity index (χ2v) is 3.43. The van der Waals surface area contributed by atoms with Crippen LogP contribution in [0.4, 0.5) is 5.82 Å². The standard InChI is InChI=1S/C10H14N2O/c13-9-4-3-7-12(8-9)10-5-1-2-6-11-10/h1-2,5-6,9,13H,3-4,7-8H2. The topological polar surface area (TPSA) is 36.4 Å². The van der Waals surface area contributed by atoms with Gasteiger partial charge in [0.1, 0.15) is 5.82 Å². The molecule has 0 saturated carbocycles. The van der Waals surface area contributed by atoms with E-state index < -0.39 is 0 Å². The van der Waals surface area contributed by atoms with Crippen LogP contribution >= 0.6 is 0 Å². The fourth-order valence-corrected chi connectivity index (χ4v) is 1.70. The summed E-state index contributed by atoms with van der Waals surface area (Å²) >= 11 is 0. The van der Waals surface area contributed by atoms with Gasteiger partial charge in [-0.15, -0.1) is 0 Å². The molecule has 2 rings (SSSR count). The zero-order valence-corrected chi connectivity index (χ0v) is 7.56. The molecule has 1 N–H and O–H groups in total. The highest BCUT2D eigenvalue weighted by Gasteiger charge is 2.17. The molecule has 1 saturated heterocycles. The minimum absolute atomic E-state index is 0.184. The van der Waals surface area contributed by atoms with Crippen LogP contribution in [0.15, 0.2) is 24.4 Å². The quantitative estimate of drug-likeness (QED) is 0.698. The van der Waals surface area contributed by atoms with Crippen LogP contribution in [-0.4, -0.2) is 29.3 Å². The first-order valence-electron chi connectivity index (χ1n) is 4.70. The number of nitrogens with zero attached hydrogens (tertiary/aromatic N) is 2. The highest BCUT2D eigenvalue weighted by molar-refractivity contribution is 5.38. The maximum Gasteiger partial charge on any atom is 0.128 e. The maximum absolute atomic E-state index is 9.47. The molecule has 1 aromatic rings. The number of aromatic nitrogens is 1. The molecule has 13 heavy (non-hydrogen) atoms. The Kier molecular flexibility index (Phi) is 2.45. The van der Waals surface area contributed by atoms with E-state index in [2.05, 4.69) is 9.88 Å². The zero-order valence-electron chi connectivity index (χ0n) is 7.56. The molecule has 70 valence electrons. The number of piperidine rings is 1. The number of β-amino-alcohol motifs (C(OH)–C–C–N with tert-alkyl or cyclic N) is 1. The van der Waals surface area contributed by atoms with E-state index in [1.54, 1.807) is 6.20 Å². The van der Waals surface area contributed by atoms with Crippen LogP contribution in [0, 0.1) is 0 Å². The molecule has 1 fully saturated rings. The van der Waals surface area contributed by atoms with Crippen LogP contribution in [0.5, 0.6) is 0 Å². The SMILES string of the molecule is OC1CCCN(c2ccccn2)C1. The van der Waals surface area contributed by atoms with Gasteiger partial charge in [-0.1, -0.05) is 6.07 Å². The van der Waals surface area contributed by atoms with Crippen LogP contribution < -0.4 is 4.90 Å². The molecule has 0 spiro atoms. The molecule has 1 aliphatic heterocycles. The molecule has 3 nitrogen and oxygen atoms in total. The summed E-state index contributed by atoms with van der Waals surface area (Å²) in [5.41, 5.74) is 0. The van der Waals surface area contributed by atoms with Crippen molar-refractivity contribution in [3.8, 4) is 0 Å². The van der Waals surface area contributed by atoms with Gasteiger partial charge in [0.25, 0.3) is 0 Å². The van der Waals surface area contributed by atoms with Gasteiger partial charge in [0, 0.05) is 19.3 Å². The Labute approximate surface area is 78.0 Å². The minimum Gasteiger partial charge on any atom is -0.391 e. The number of rotatable bonds is 1. The van der Waals surface area contributed by atoms with Crippen LogP contribution in [0.1, 0.15) is 12.8 Å². The molecule has 0 amide bonds. The normalized spacial score (nSPS) is 23.2. The summed E-state index contributed by atoms with van der Waals surface area (Å²) in [6, 6.07) is 5.87. The first-order valence-corrected chi connectivity index (χ1v) is 4.70. The van der Waals surface area contributed by atoms with E-state index in [0.717, 1.165) is 31.7 Å². The van der Waals surface area contributed by atoms with Crippen molar-refractivity contribution in [2.24, 2.45) is 0 Å². The van der Waals surface area contributed by atoms with Crippen molar-refractivity contribution in [3.63, 3.8) is 0 Å². The third-order valence-corrected chi connectivity index (χ3v) is 2.37. The number of anilines is 1. The summed E-state index contributed by atoms with van der Waals surface area (Å²) in [6.07, 6.45) is 3.58. The smallest absolute Gasteiger partial charge is 0.128 e. The lowest BCUT2D eigenvalue weighted by Crippen LogP contribution is -2.38. The Morgan fingerprint density at radius 2 is 2.38 bits per heavy atom. The maximum atomic E-state index is 9.47. The Hall–Kier alpha value is -1.09. The van der Waals surface area contributed by atoms with Crippen LogP contribution in [-0.2, 0) is 0 Å². The molecule has 1 aliphatic rings. The minimum atomic E-state index is -0.184. The van der Waals surface area contributed by atoms with Crippen molar-refractivity contribution < 1.29 is 5.11 Å². The van der Waals surface area contributed by atoms with Gasteiger partial charge in [0.15, 0.2) is 0 Å². The molecule has 1 atom stereocenters. The molecule has 0 radical (unpaired) electrons. The van der Waals surface area contributed by atoms with Crippen molar-refractivity contribution in [3.05, 3.63) is 24.4 Å². The van der Waals surface area contributed by atoms with Gasteiger partial charge in [-0.2, -0.15) is 0 Å². The first-order chi connectivity index (χ1) is 6.36. The molecule has 3 heteroatoms. The van der Waals surface area contributed by atoms with E-state index in [-0.39, 0.29) is 6.10 Å². The summed E-state index contributed by atoms with van der Waals surface area (Å²) < 4.78 is 0. The number of hydrogen-bond acceptors (Lipinski definition) is 3. The van der Waals surface area contributed by atoms with Gasteiger partial charge in [0.2, 0.25) is 0 Å². The molecule has 0 bridgehead atoms. The van der Waals surface area contributed by atoms with Gasteiger partial charge in [0.05, 0.1) is 6.10 Å². The molecule has 1 unspecified atom stereocenters. The molecule has 2 heterocycles. The Morgan fingerprint density at radius 1 is 1.46 bits per heavy atom. The van der Waals surface area contributed by atoms with E-state index in [1.165, 1.54) is 0 Å². The number of hydrogen-bond donors (Lipinski definition) is 1. The van der Waals surface area contributed by atoms with Crippen LogP contribution in [0.3, 0.4) is 0 Å². The Bertz CT molecular complexity index is 263. The van der Waals surface area contributed by atoms with Crippen molar-refractivity contribution in [1.29, 1.82) is 0 Å². The average Bonchev–Trinajstić information content (AvgIpc) is 2.19. The van der Waals surface area contributed by atoms with Crippen LogP contribution in [0.2, 0.25) is 0 Å². The third kappa shape index (κ3) is 1.98. The highest BCUT2D eigenvalue weighted by atomic mass is 16.3. The summed E-state index contributed by atoms with van der Waals surface area (Å²) in [5, 5.41) is 9.47. The lowest BCUT2D eigenvalue weighted by molar-refractivity contribution is 0.154. The molecular weight excluding hydrogens is 164 g/mol. The lowest BCUT2D eigenvalue weighted by atomic mass is 10.1. The van der Waals surface area contributed by atoms with Gasteiger partial charge in [-0.05, 0) is 25.0 Å². The van der Waals surface area contributed by atoms with Gasteiger partial charge in [-0.25, -0.2) is 4.98 Å². The van der Waals surface area contributed by atoms with E-state index >= 15 is 0 Å². The fraction of sp³-hybridized carbons (Fsp3) is 0.500. The average molecular weight is 178 g/mol. The van der Waals surface area contributed by atoms with Gasteiger partial charge >= 0.3 is 0 Å². The monoisotopic (exact) mass is 178 g/mol. The third-order valence-electron chi connectivity index (χ3n) is 2.37. The summed E-state index contributed by atoms with van der Waals surface area (Å²) in [5.74, 6) is 0.973. The predicted molar refractivity (Wildman–Crippen MR) is 51.7 cm³/mol. The summed E-state index contributed by atoms with van der Waals surface area (Å²) in [7, 11) is 0. The molecule has 1 aromatic heterocycles. The Balaban J connectivity index is 2.08. The Morgan fingerprint density at radius 3 is 3.08 bits per heavy atom. The second kappa shape index (κ2) is 3.75. The molecular formula is C10H14N2O. The number of aliphatic hydroxyl groups is 1.